The van der Waals surface area contributed by atoms with Gasteiger partial charge < -0.3 is 5.73 Å². The van der Waals surface area contributed by atoms with Crippen LogP contribution >= 0.6 is 22.6 Å². The molecule has 2 heterocycles. The molecule has 3 aromatic rings. The first-order valence-corrected chi connectivity index (χ1v) is 9.40. The lowest BCUT2D eigenvalue weighted by Gasteiger charge is -2.13. The summed E-state index contributed by atoms with van der Waals surface area (Å²) in [6, 6.07) is 13.5. The average Bonchev–Trinajstić information content (AvgIpc) is 3.07. The molecule has 0 bridgehead atoms. The van der Waals surface area contributed by atoms with Crippen molar-refractivity contribution < 1.29 is 4.79 Å². The Morgan fingerprint density at radius 1 is 1.26 bits per heavy atom. The second-order valence-electron chi connectivity index (χ2n) is 6.22. The number of nitrogens with zero attached hydrogens (tertiary/aromatic N) is 3. The maximum atomic E-state index is 11.9. The molecule has 1 aliphatic rings. The molecule has 1 aliphatic heterocycles. The van der Waals surface area contributed by atoms with E-state index in [1.807, 2.05) is 54.0 Å². The van der Waals surface area contributed by atoms with Gasteiger partial charge in [-0.1, -0.05) is 24.1 Å². The second-order valence-corrected chi connectivity index (χ2v) is 7.38. The second kappa shape index (κ2) is 6.67. The van der Waals surface area contributed by atoms with E-state index >= 15 is 0 Å². The summed E-state index contributed by atoms with van der Waals surface area (Å²) in [6.07, 6.45) is 7.25. The van der Waals surface area contributed by atoms with E-state index in [1.165, 1.54) is 0 Å². The molecule has 1 amide bonds. The number of benzene rings is 2. The van der Waals surface area contributed by atoms with Crippen molar-refractivity contribution in [2.45, 2.75) is 13.0 Å². The van der Waals surface area contributed by atoms with Gasteiger partial charge in [0.25, 0.3) is 5.91 Å². The molecule has 6 heteroatoms. The van der Waals surface area contributed by atoms with Crippen LogP contribution in [0.25, 0.3) is 5.69 Å². The molecule has 5 nitrogen and oxygen atoms in total. The predicted molar refractivity (Wildman–Crippen MR) is 113 cm³/mol. The molecule has 1 aromatic heterocycles. The van der Waals surface area contributed by atoms with E-state index in [4.69, 9.17) is 17.1 Å². The molecule has 27 heavy (non-hydrogen) atoms. The van der Waals surface area contributed by atoms with Crippen LogP contribution in [0.2, 0.25) is 0 Å². The molecule has 0 radical (unpaired) electrons. The SMILES string of the molecule is C#Cc1ccc2c(c1)C(c1ccccc1I)=N[C@@H](C)c1c(C(N)=O)ncn1-2. The normalized spacial score (nSPS) is 15.1. The Balaban J connectivity index is 2.08. The lowest BCUT2D eigenvalue weighted by molar-refractivity contribution is 0.0994. The maximum absolute atomic E-state index is 11.9. The summed E-state index contributed by atoms with van der Waals surface area (Å²) in [5.74, 6) is 2.12. The number of primary amides is 1. The van der Waals surface area contributed by atoms with Crippen LogP contribution in [0.5, 0.6) is 0 Å². The summed E-state index contributed by atoms with van der Waals surface area (Å²) in [4.78, 5) is 21.1. The van der Waals surface area contributed by atoms with Crippen molar-refractivity contribution in [1.29, 1.82) is 0 Å². The Hall–Kier alpha value is -2.92. The van der Waals surface area contributed by atoms with Gasteiger partial charge in [0.2, 0.25) is 0 Å². The maximum Gasteiger partial charge on any atom is 0.269 e. The number of hydrogen-bond acceptors (Lipinski definition) is 3. The van der Waals surface area contributed by atoms with Crippen molar-refractivity contribution in [2.24, 2.45) is 10.7 Å². The Morgan fingerprint density at radius 2 is 2.04 bits per heavy atom. The number of terminal acetylenes is 1. The molecular formula is C21H15IN4O. The summed E-state index contributed by atoms with van der Waals surface area (Å²) in [5, 5.41) is 0. The minimum absolute atomic E-state index is 0.238. The number of aliphatic imine (C=N–C) groups is 1. The number of nitrogens with two attached hydrogens (primary N) is 1. The first kappa shape index (κ1) is 17.5. The van der Waals surface area contributed by atoms with Gasteiger partial charge >= 0.3 is 0 Å². The van der Waals surface area contributed by atoms with E-state index in [1.54, 1.807) is 6.33 Å². The Morgan fingerprint density at radius 3 is 2.74 bits per heavy atom. The van der Waals surface area contributed by atoms with Gasteiger partial charge in [-0.05, 0) is 53.8 Å². The third kappa shape index (κ3) is 2.84. The first-order chi connectivity index (χ1) is 13.0. The van der Waals surface area contributed by atoms with Crippen molar-refractivity contribution in [3.63, 3.8) is 0 Å². The minimum atomic E-state index is -0.565. The number of halogens is 1. The third-order valence-corrected chi connectivity index (χ3v) is 5.50. The van der Waals surface area contributed by atoms with Gasteiger partial charge in [-0.15, -0.1) is 6.42 Å². The highest BCUT2D eigenvalue weighted by Crippen LogP contribution is 2.33. The summed E-state index contributed by atoms with van der Waals surface area (Å²) in [5.41, 5.74) is 10.8. The van der Waals surface area contributed by atoms with Gasteiger partial charge in [0.1, 0.15) is 6.33 Å². The molecule has 132 valence electrons. The number of carbonyl (C=O) groups excluding carboxylic acids is 1. The van der Waals surface area contributed by atoms with E-state index in [0.29, 0.717) is 5.69 Å². The van der Waals surface area contributed by atoms with Crippen LogP contribution in [-0.4, -0.2) is 21.2 Å². The highest BCUT2D eigenvalue weighted by atomic mass is 127. The molecule has 0 saturated heterocycles. The number of imidazole rings is 1. The van der Waals surface area contributed by atoms with Gasteiger partial charge in [-0.3, -0.25) is 14.4 Å². The zero-order valence-electron chi connectivity index (χ0n) is 14.5. The molecule has 0 saturated carbocycles. The molecular weight excluding hydrogens is 451 g/mol. The van der Waals surface area contributed by atoms with Crippen LogP contribution in [0.1, 0.15) is 45.8 Å². The molecule has 4 rings (SSSR count). The number of hydrogen-bond donors (Lipinski definition) is 1. The van der Waals surface area contributed by atoms with Crippen molar-refractivity contribution in [2.75, 3.05) is 0 Å². The quantitative estimate of drug-likeness (QED) is 0.464. The first-order valence-electron chi connectivity index (χ1n) is 8.32. The van der Waals surface area contributed by atoms with Crippen LogP contribution in [0.4, 0.5) is 0 Å². The largest absolute Gasteiger partial charge is 0.364 e. The van der Waals surface area contributed by atoms with Crippen molar-refractivity contribution in [3.05, 3.63) is 80.4 Å². The van der Waals surface area contributed by atoms with Crippen LogP contribution in [0.15, 0.2) is 53.8 Å². The minimum Gasteiger partial charge on any atom is -0.364 e. The summed E-state index contributed by atoms with van der Waals surface area (Å²) in [7, 11) is 0. The van der Waals surface area contributed by atoms with Crippen LogP contribution in [0.3, 0.4) is 0 Å². The molecule has 0 unspecified atom stereocenters. The molecule has 1 atom stereocenters. The average molecular weight is 466 g/mol. The third-order valence-electron chi connectivity index (χ3n) is 4.56. The van der Waals surface area contributed by atoms with Crippen molar-refractivity contribution in [3.8, 4) is 18.0 Å². The number of fused-ring (bicyclic) bond motifs is 3. The van der Waals surface area contributed by atoms with E-state index in [9.17, 15) is 4.79 Å². The highest BCUT2D eigenvalue weighted by Gasteiger charge is 2.28. The van der Waals surface area contributed by atoms with Crippen molar-refractivity contribution >= 4 is 34.2 Å². The number of aromatic nitrogens is 2. The summed E-state index contributed by atoms with van der Waals surface area (Å²) < 4.78 is 2.96. The van der Waals surface area contributed by atoms with Crippen molar-refractivity contribution in [1.82, 2.24) is 9.55 Å². The van der Waals surface area contributed by atoms with Gasteiger partial charge in [-0.2, -0.15) is 0 Å². The predicted octanol–water partition coefficient (Wildman–Crippen LogP) is 3.47. The lowest BCUT2D eigenvalue weighted by atomic mass is 9.98. The summed E-state index contributed by atoms with van der Waals surface area (Å²) >= 11 is 2.30. The number of carbonyl (C=O) groups is 1. The fourth-order valence-corrected chi connectivity index (χ4v) is 4.00. The zero-order valence-corrected chi connectivity index (χ0v) is 16.6. The number of rotatable bonds is 2. The van der Waals surface area contributed by atoms with Gasteiger partial charge in [0.05, 0.1) is 23.1 Å². The summed E-state index contributed by atoms with van der Waals surface area (Å²) in [6.45, 7) is 1.93. The number of amides is 1. The Kier molecular flexibility index (Phi) is 4.32. The monoisotopic (exact) mass is 466 g/mol. The highest BCUT2D eigenvalue weighted by molar-refractivity contribution is 14.1. The topological polar surface area (TPSA) is 73.3 Å². The van der Waals surface area contributed by atoms with Gasteiger partial charge in [0.15, 0.2) is 5.69 Å². The molecule has 2 aromatic carbocycles. The molecule has 0 spiro atoms. The van der Waals surface area contributed by atoms with E-state index < -0.39 is 5.91 Å². The standard InChI is InChI=1S/C21H15IN4O/c1-3-13-8-9-17-15(10-13)18(14-6-4-5-7-16(14)22)25-12(2)20-19(21(23)27)24-11-26(17)20/h1,4-12H,2H3,(H2,23,27)/t12-/m0/s1. The molecule has 0 aliphatic carbocycles. The van der Waals surface area contributed by atoms with Gasteiger partial charge in [0, 0.05) is 20.3 Å². The Bertz CT molecular complexity index is 1150. The Labute approximate surface area is 170 Å². The molecule has 2 N–H and O–H groups in total. The van der Waals surface area contributed by atoms with Crippen LogP contribution in [0, 0.1) is 15.9 Å². The lowest BCUT2D eigenvalue weighted by Crippen LogP contribution is -2.15. The van der Waals surface area contributed by atoms with E-state index in [-0.39, 0.29) is 11.7 Å². The van der Waals surface area contributed by atoms with Crippen LogP contribution in [-0.2, 0) is 0 Å². The fourth-order valence-electron chi connectivity index (χ4n) is 3.36. The van der Waals surface area contributed by atoms with E-state index in [0.717, 1.165) is 31.7 Å². The fraction of sp³-hybridized carbons (Fsp3) is 0.0952. The van der Waals surface area contributed by atoms with E-state index in [2.05, 4.69) is 33.5 Å². The molecule has 0 fully saturated rings. The van der Waals surface area contributed by atoms with Crippen LogP contribution < -0.4 is 5.73 Å². The smallest absolute Gasteiger partial charge is 0.269 e. The van der Waals surface area contributed by atoms with Gasteiger partial charge in [-0.25, -0.2) is 4.98 Å². The zero-order chi connectivity index (χ0) is 19.1.